The van der Waals surface area contributed by atoms with E-state index in [0.29, 0.717) is 6.04 Å². The molecule has 13 heavy (non-hydrogen) atoms. The van der Waals surface area contributed by atoms with Crippen molar-refractivity contribution in [1.29, 1.82) is 0 Å². The monoisotopic (exact) mass is 199 g/mol. The highest BCUT2D eigenvalue weighted by Gasteiger charge is 2.16. The van der Waals surface area contributed by atoms with Crippen molar-refractivity contribution in [3.8, 4) is 0 Å². The van der Waals surface area contributed by atoms with Gasteiger partial charge in [-0.05, 0) is 19.4 Å². The van der Waals surface area contributed by atoms with Gasteiger partial charge in [-0.2, -0.15) is 11.8 Å². The highest BCUT2D eigenvalue weighted by molar-refractivity contribution is 7.99. The Morgan fingerprint density at radius 2 is 2.23 bits per heavy atom. The lowest BCUT2D eigenvalue weighted by Gasteiger charge is -2.15. The van der Waals surface area contributed by atoms with Crippen molar-refractivity contribution in [2.45, 2.75) is 43.9 Å². The minimum Gasteiger partial charge on any atom is -0.310 e. The SMILES string of the molecule is C=CC(CSC1CCCC1)NCC. The topological polar surface area (TPSA) is 12.0 Å². The molecule has 0 heterocycles. The largest absolute Gasteiger partial charge is 0.310 e. The molecule has 1 unspecified atom stereocenters. The summed E-state index contributed by atoms with van der Waals surface area (Å²) in [5.41, 5.74) is 0. The molecule has 1 N–H and O–H groups in total. The molecule has 76 valence electrons. The van der Waals surface area contributed by atoms with Gasteiger partial charge in [0.1, 0.15) is 0 Å². The lowest BCUT2D eigenvalue weighted by atomic mass is 10.3. The molecule has 0 amide bonds. The summed E-state index contributed by atoms with van der Waals surface area (Å²) in [6.07, 6.45) is 7.78. The maximum atomic E-state index is 3.85. The van der Waals surface area contributed by atoms with Crippen LogP contribution in [0.25, 0.3) is 0 Å². The van der Waals surface area contributed by atoms with Gasteiger partial charge in [0.2, 0.25) is 0 Å². The highest BCUT2D eigenvalue weighted by atomic mass is 32.2. The number of hydrogen-bond acceptors (Lipinski definition) is 2. The minimum absolute atomic E-state index is 0.510. The van der Waals surface area contributed by atoms with E-state index in [1.807, 2.05) is 6.08 Å². The van der Waals surface area contributed by atoms with Gasteiger partial charge in [0.05, 0.1) is 0 Å². The molecule has 0 radical (unpaired) electrons. The molecule has 1 aliphatic carbocycles. The van der Waals surface area contributed by atoms with E-state index in [2.05, 4.69) is 30.6 Å². The first-order chi connectivity index (χ1) is 6.36. The van der Waals surface area contributed by atoms with Crippen molar-refractivity contribution in [1.82, 2.24) is 5.32 Å². The number of likely N-dealkylation sites (N-methyl/N-ethyl adjacent to an activating group) is 1. The molecule has 1 nitrogen and oxygen atoms in total. The van der Waals surface area contributed by atoms with Crippen LogP contribution >= 0.6 is 11.8 Å². The third-order valence-corrected chi connectivity index (χ3v) is 4.06. The first kappa shape index (κ1) is 11.1. The number of thioether (sulfide) groups is 1. The molecule has 0 spiro atoms. The number of rotatable bonds is 6. The molecule has 2 heteroatoms. The fourth-order valence-electron chi connectivity index (χ4n) is 1.77. The smallest absolute Gasteiger partial charge is 0.0338 e. The molecule has 0 aromatic rings. The quantitative estimate of drug-likeness (QED) is 0.660. The van der Waals surface area contributed by atoms with Crippen LogP contribution in [-0.4, -0.2) is 23.6 Å². The van der Waals surface area contributed by atoms with E-state index >= 15 is 0 Å². The van der Waals surface area contributed by atoms with Crippen LogP contribution in [0, 0.1) is 0 Å². The average Bonchev–Trinajstić information content (AvgIpc) is 2.64. The average molecular weight is 199 g/mol. The lowest BCUT2D eigenvalue weighted by molar-refractivity contribution is 0.667. The summed E-state index contributed by atoms with van der Waals surface area (Å²) in [5, 5.41) is 4.35. The van der Waals surface area contributed by atoms with Crippen LogP contribution < -0.4 is 5.32 Å². The van der Waals surface area contributed by atoms with E-state index in [1.54, 1.807) is 0 Å². The van der Waals surface area contributed by atoms with Gasteiger partial charge in [0.15, 0.2) is 0 Å². The zero-order valence-corrected chi connectivity index (χ0v) is 9.41. The van der Waals surface area contributed by atoms with Crippen molar-refractivity contribution in [3.63, 3.8) is 0 Å². The fourth-order valence-corrected chi connectivity index (χ4v) is 3.17. The van der Waals surface area contributed by atoms with Crippen molar-refractivity contribution >= 4 is 11.8 Å². The van der Waals surface area contributed by atoms with Crippen molar-refractivity contribution in [2.24, 2.45) is 0 Å². The van der Waals surface area contributed by atoms with E-state index in [1.165, 1.54) is 31.4 Å². The predicted molar refractivity (Wildman–Crippen MR) is 62.4 cm³/mol. The summed E-state index contributed by atoms with van der Waals surface area (Å²) in [4.78, 5) is 0. The first-order valence-electron chi connectivity index (χ1n) is 5.34. The fraction of sp³-hybridized carbons (Fsp3) is 0.818. The van der Waals surface area contributed by atoms with E-state index in [-0.39, 0.29) is 0 Å². The molecule has 1 saturated carbocycles. The molecular weight excluding hydrogens is 178 g/mol. The van der Waals surface area contributed by atoms with Gasteiger partial charge in [-0.1, -0.05) is 25.8 Å². The van der Waals surface area contributed by atoms with E-state index in [9.17, 15) is 0 Å². The number of nitrogens with one attached hydrogen (secondary N) is 1. The van der Waals surface area contributed by atoms with Crippen LogP contribution in [0.1, 0.15) is 32.6 Å². The number of hydrogen-bond donors (Lipinski definition) is 1. The maximum Gasteiger partial charge on any atom is 0.0338 e. The third-order valence-electron chi connectivity index (χ3n) is 2.56. The normalized spacial score (nSPS) is 20.4. The Morgan fingerprint density at radius 3 is 2.77 bits per heavy atom. The summed E-state index contributed by atoms with van der Waals surface area (Å²) in [6.45, 7) is 7.04. The van der Waals surface area contributed by atoms with Crippen molar-refractivity contribution < 1.29 is 0 Å². The van der Waals surface area contributed by atoms with E-state index in [0.717, 1.165) is 11.8 Å². The molecule has 0 aromatic heterocycles. The van der Waals surface area contributed by atoms with Crippen LogP contribution in [0.5, 0.6) is 0 Å². The van der Waals surface area contributed by atoms with Gasteiger partial charge in [-0.3, -0.25) is 0 Å². The standard InChI is InChI=1S/C11H21NS/c1-3-10(12-4-2)9-13-11-7-5-6-8-11/h3,10-12H,1,4-9H2,2H3. The van der Waals surface area contributed by atoms with Crippen LogP contribution in [0.2, 0.25) is 0 Å². The zero-order chi connectivity index (χ0) is 9.52. The molecule has 1 rings (SSSR count). The Morgan fingerprint density at radius 1 is 1.54 bits per heavy atom. The summed E-state index contributed by atoms with van der Waals surface area (Å²) in [5.74, 6) is 1.20. The van der Waals surface area contributed by atoms with Crippen LogP contribution in [-0.2, 0) is 0 Å². The second kappa shape index (κ2) is 6.50. The molecule has 0 aromatic carbocycles. The predicted octanol–water partition coefficient (Wildman–Crippen LogP) is 2.83. The zero-order valence-electron chi connectivity index (χ0n) is 8.59. The molecule has 0 aliphatic heterocycles. The van der Waals surface area contributed by atoms with Crippen molar-refractivity contribution in [3.05, 3.63) is 12.7 Å². The minimum atomic E-state index is 0.510. The molecular formula is C11H21NS. The molecule has 1 fully saturated rings. The van der Waals surface area contributed by atoms with Gasteiger partial charge in [0.25, 0.3) is 0 Å². The molecule has 0 bridgehead atoms. The van der Waals surface area contributed by atoms with E-state index in [4.69, 9.17) is 0 Å². The summed E-state index contributed by atoms with van der Waals surface area (Å²) < 4.78 is 0. The molecule has 0 saturated heterocycles. The summed E-state index contributed by atoms with van der Waals surface area (Å²) in [6, 6.07) is 0.510. The van der Waals surface area contributed by atoms with Crippen LogP contribution in [0.3, 0.4) is 0 Å². The van der Waals surface area contributed by atoms with Crippen LogP contribution in [0.15, 0.2) is 12.7 Å². The van der Waals surface area contributed by atoms with Gasteiger partial charge in [0, 0.05) is 17.0 Å². The van der Waals surface area contributed by atoms with Gasteiger partial charge < -0.3 is 5.32 Å². The van der Waals surface area contributed by atoms with Gasteiger partial charge >= 0.3 is 0 Å². The third kappa shape index (κ3) is 4.19. The Balaban J connectivity index is 2.10. The first-order valence-corrected chi connectivity index (χ1v) is 6.39. The second-order valence-electron chi connectivity index (χ2n) is 3.64. The maximum absolute atomic E-state index is 3.85. The molecule has 1 aliphatic rings. The van der Waals surface area contributed by atoms with Crippen molar-refractivity contribution in [2.75, 3.05) is 12.3 Å². The van der Waals surface area contributed by atoms with Crippen LogP contribution in [0.4, 0.5) is 0 Å². The van der Waals surface area contributed by atoms with Gasteiger partial charge in [-0.25, -0.2) is 0 Å². The highest BCUT2D eigenvalue weighted by Crippen LogP contribution is 2.29. The second-order valence-corrected chi connectivity index (χ2v) is 4.97. The molecule has 1 atom stereocenters. The van der Waals surface area contributed by atoms with E-state index < -0.39 is 0 Å². The Bertz CT molecular complexity index is 141. The lowest BCUT2D eigenvalue weighted by Crippen LogP contribution is -2.29. The van der Waals surface area contributed by atoms with Gasteiger partial charge in [-0.15, -0.1) is 6.58 Å². The Hall–Kier alpha value is 0.0500. The summed E-state index contributed by atoms with van der Waals surface area (Å²) >= 11 is 2.12. The Labute approximate surface area is 86.4 Å². The Kier molecular flexibility index (Phi) is 5.56. The summed E-state index contributed by atoms with van der Waals surface area (Å²) in [7, 11) is 0.